The van der Waals surface area contributed by atoms with Crippen molar-refractivity contribution in [3.63, 3.8) is 0 Å². The second-order valence-electron chi connectivity index (χ2n) is 4.58. The maximum absolute atomic E-state index is 12.3. The molecule has 0 spiro atoms. The molecule has 0 radical (unpaired) electrons. The topological polar surface area (TPSA) is 75.4 Å². The number of imidazole rings is 1. The molecular formula is C13H13N3O3S. The van der Waals surface area contributed by atoms with Crippen molar-refractivity contribution >= 4 is 34.7 Å². The monoisotopic (exact) mass is 291 g/mol. The third-order valence-corrected chi connectivity index (χ3v) is 4.33. The molecule has 1 aliphatic heterocycles. The van der Waals surface area contributed by atoms with Gasteiger partial charge in [0.05, 0.1) is 23.2 Å². The van der Waals surface area contributed by atoms with Gasteiger partial charge in [-0.25, -0.2) is 9.78 Å². The maximum Gasteiger partial charge on any atom is 0.327 e. The molecule has 1 aliphatic rings. The number of fused-ring (bicyclic) bond motifs is 1. The summed E-state index contributed by atoms with van der Waals surface area (Å²) in [5, 5.41) is 9.10. The lowest BCUT2D eigenvalue weighted by Gasteiger charge is -2.20. The summed E-state index contributed by atoms with van der Waals surface area (Å²) in [6.45, 7) is 0.116. The Kier molecular flexibility index (Phi) is 3.35. The van der Waals surface area contributed by atoms with Crippen molar-refractivity contribution in [1.82, 2.24) is 14.5 Å². The van der Waals surface area contributed by atoms with E-state index in [9.17, 15) is 9.59 Å². The van der Waals surface area contributed by atoms with Crippen LogP contribution in [0.15, 0.2) is 30.6 Å². The summed E-state index contributed by atoms with van der Waals surface area (Å²) in [6, 6.07) is 6.82. The highest BCUT2D eigenvalue weighted by Gasteiger charge is 2.34. The van der Waals surface area contributed by atoms with Crippen LogP contribution in [0.2, 0.25) is 0 Å². The zero-order chi connectivity index (χ0) is 14.1. The predicted molar refractivity (Wildman–Crippen MR) is 75.3 cm³/mol. The van der Waals surface area contributed by atoms with E-state index in [0.29, 0.717) is 11.6 Å². The summed E-state index contributed by atoms with van der Waals surface area (Å²) in [5.41, 5.74) is 1.70. The fraction of sp³-hybridized carbons (Fsp3) is 0.308. The molecule has 1 unspecified atom stereocenters. The zero-order valence-corrected chi connectivity index (χ0v) is 11.4. The molecule has 1 fully saturated rings. The van der Waals surface area contributed by atoms with Crippen LogP contribution >= 0.6 is 11.8 Å². The molecule has 20 heavy (non-hydrogen) atoms. The molecule has 104 valence electrons. The van der Waals surface area contributed by atoms with Gasteiger partial charge in [0.2, 0.25) is 5.91 Å². The molecule has 1 saturated heterocycles. The van der Waals surface area contributed by atoms with Gasteiger partial charge in [0.1, 0.15) is 12.6 Å². The van der Waals surface area contributed by atoms with E-state index in [4.69, 9.17) is 5.11 Å². The van der Waals surface area contributed by atoms with Crippen molar-refractivity contribution in [3.05, 3.63) is 30.6 Å². The fourth-order valence-corrected chi connectivity index (χ4v) is 3.44. The lowest BCUT2D eigenvalue weighted by molar-refractivity contribution is -0.147. The van der Waals surface area contributed by atoms with E-state index in [0.717, 1.165) is 11.0 Å². The highest BCUT2D eigenvalue weighted by molar-refractivity contribution is 7.99. The third-order valence-electron chi connectivity index (χ3n) is 3.32. The number of aromatic nitrogens is 2. The Balaban J connectivity index is 1.80. The van der Waals surface area contributed by atoms with Gasteiger partial charge in [0.15, 0.2) is 0 Å². The van der Waals surface area contributed by atoms with Crippen LogP contribution in [-0.4, -0.2) is 49.1 Å². The van der Waals surface area contributed by atoms with E-state index in [-0.39, 0.29) is 12.5 Å². The van der Waals surface area contributed by atoms with Crippen LogP contribution in [0.5, 0.6) is 0 Å². The number of hydrogen-bond donors (Lipinski definition) is 1. The number of para-hydroxylation sites is 2. The van der Waals surface area contributed by atoms with Crippen molar-refractivity contribution in [3.8, 4) is 0 Å². The number of aliphatic carboxylic acids is 1. The van der Waals surface area contributed by atoms with Crippen molar-refractivity contribution in [2.75, 3.05) is 11.6 Å². The molecule has 1 atom stereocenters. The van der Waals surface area contributed by atoms with Crippen LogP contribution in [0.4, 0.5) is 0 Å². The second kappa shape index (κ2) is 5.16. The van der Waals surface area contributed by atoms with Gasteiger partial charge in [-0.05, 0) is 12.1 Å². The number of carbonyl (C=O) groups excluding carboxylic acids is 1. The van der Waals surface area contributed by atoms with Crippen LogP contribution in [0.1, 0.15) is 0 Å². The number of thioether (sulfide) groups is 1. The van der Waals surface area contributed by atoms with Crippen LogP contribution in [-0.2, 0) is 16.1 Å². The summed E-state index contributed by atoms with van der Waals surface area (Å²) in [4.78, 5) is 29.0. The number of hydrogen-bond acceptors (Lipinski definition) is 4. The summed E-state index contributed by atoms with van der Waals surface area (Å²) in [7, 11) is 0. The molecule has 6 nitrogen and oxygen atoms in total. The first-order valence-corrected chi connectivity index (χ1v) is 7.32. The molecule has 0 bridgehead atoms. The largest absolute Gasteiger partial charge is 0.480 e. The molecular weight excluding hydrogens is 278 g/mol. The van der Waals surface area contributed by atoms with Crippen LogP contribution in [0.3, 0.4) is 0 Å². The van der Waals surface area contributed by atoms with Crippen molar-refractivity contribution < 1.29 is 14.7 Å². The van der Waals surface area contributed by atoms with Crippen molar-refractivity contribution in [2.45, 2.75) is 12.6 Å². The highest BCUT2D eigenvalue weighted by atomic mass is 32.2. The predicted octanol–water partition coefficient (Wildman–Crippen LogP) is 1.02. The fourth-order valence-electron chi connectivity index (χ4n) is 2.27. The Morgan fingerprint density at radius 2 is 2.20 bits per heavy atom. The second-order valence-corrected chi connectivity index (χ2v) is 5.58. The van der Waals surface area contributed by atoms with Crippen molar-refractivity contribution in [2.24, 2.45) is 0 Å². The van der Waals surface area contributed by atoms with Gasteiger partial charge in [-0.2, -0.15) is 0 Å². The molecule has 1 N–H and O–H groups in total. The maximum atomic E-state index is 12.3. The average Bonchev–Trinajstić information content (AvgIpc) is 3.06. The molecule has 1 aromatic heterocycles. The quantitative estimate of drug-likeness (QED) is 0.914. The first-order valence-electron chi connectivity index (χ1n) is 6.16. The van der Waals surface area contributed by atoms with Crippen molar-refractivity contribution in [1.29, 1.82) is 0 Å². The van der Waals surface area contributed by atoms with E-state index in [1.54, 1.807) is 10.9 Å². The summed E-state index contributed by atoms with van der Waals surface area (Å²) >= 11 is 1.46. The minimum Gasteiger partial charge on any atom is -0.480 e. The van der Waals surface area contributed by atoms with E-state index < -0.39 is 12.0 Å². The molecule has 0 aliphatic carbocycles. The van der Waals surface area contributed by atoms with E-state index >= 15 is 0 Å². The Hall–Kier alpha value is -2.02. The normalized spacial score (nSPS) is 18.6. The average molecular weight is 291 g/mol. The lowest BCUT2D eigenvalue weighted by Crippen LogP contribution is -2.43. The van der Waals surface area contributed by atoms with E-state index in [2.05, 4.69) is 4.98 Å². The van der Waals surface area contributed by atoms with Gasteiger partial charge in [-0.3, -0.25) is 4.79 Å². The SMILES string of the molecule is O=C(O)C1CSCN1C(=O)Cn1cnc2ccccc21. The Bertz CT molecular complexity index is 670. The molecule has 1 aromatic carbocycles. The number of carbonyl (C=O) groups is 2. The van der Waals surface area contributed by atoms with Gasteiger partial charge in [-0.15, -0.1) is 11.8 Å². The Morgan fingerprint density at radius 3 is 3.00 bits per heavy atom. The zero-order valence-electron chi connectivity index (χ0n) is 10.6. The summed E-state index contributed by atoms with van der Waals surface area (Å²) in [6.07, 6.45) is 1.61. The molecule has 2 aromatic rings. The standard InChI is InChI=1S/C13H13N3O3S/c17-12(16-8-20-6-11(16)13(18)19)5-15-7-14-9-3-1-2-4-10(9)15/h1-4,7,11H,5-6,8H2,(H,18,19). The van der Waals surface area contributed by atoms with Gasteiger partial charge in [0, 0.05) is 5.75 Å². The summed E-state index contributed by atoms with van der Waals surface area (Å²) < 4.78 is 1.75. The van der Waals surface area contributed by atoms with Gasteiger partial charge in [0.25, 0.3) is 0 Å². The first-order chi connectivity index (χ1) is 9.66. The number of amides is 1. The smallest absolute Gasteiger partial charge is 0.327 e. The minimum absolute atomic E-state index is 0.116. The number of carboxylic acids is 1. The molecule has 2 heterocycles. The number of carboxylic acid groups (broad SMARTS) is 1. The number of nitrogens with zero attached hydrogens (tertiary/aromatic N) is 3. The molecule has 0 saturated carbocycles. The Morgan fingerprint density at radius 1 is 1.40 bits per heavy atom. The van der Waals surface area contributed by atoms with E-state index in [1.807, 2.05) is 24.3 Å². The van der Waals surface area contributed by atoms with Crippen LogP contribution < -0.4 is 0 Å². The minimum atomic E-state index is -0.946. The number of rotatable bonds is 3. The van der Waals surface area contributed by atoms with Gasteiger partial charge >= 0.3 is 5.97 Å². The van der Waals surface area contributed by atoms with Crippen LogP contribution in [0, 0.1) is 0 Å². The molecule has 3 rings (SSSR count). The molecule has 7 heteroatoms. The molecule has 1 amide bonds. The van der Waals surface area contributed by atoms with Crippen LogP contribution in [0.25, 0.3) is 11.0 Å². The van der Waals surface area contributed by atoms with Gasteiger partial charge in [-0.1, -0.05) is 12.1 Å². The van der Waals surface area contributed by atoms with Gasteiger partial charge < -0.3 is 14.6 Å². The first kappa shape index (κ1) is 13.0. The summed E-state index contributed by atoms with van der Waals surface area (Å²) in [5.74, 6) is -0.252. The Labute approximate surface area is 119 Å². The van der Waals surface area contributed by atoms with E-state index in [1.165, 1.54) is 16.7 Å². The highest BCUT2D eigenvalue weighted by Crippen LogP contribution is 2.22. The third kappa shape index (κ3) is 2.24. The number of benzene rings is 1. The lowest BCUT2D eigenvalue weighted by atomic mass is 10.3.